The summed E-state index contributed by atoms with van der Waals surface area (Å²) in [6, 6.07) is 28.5. The van der Waals surface area contributed by atoms with Crippen LogP contribution in [0.25, 0.3) is 65.3 Å². The number of rotatable bonds is 13. The monoisotopic (exact) mass is 567 g/mol. The van der Waals surface area contributed by atoms with Crippen molar-refractivity contribution in [2.75, 3.05) is 7.11 Å². The van der Waals surface area contributed by atoms with E-state index in [0.717, 1.165) is 12.1 Å². The smallest absolute Gasteiger partial charge is 0.337 e. The lowest BCUT2D eigenvalue weighted by Gasteiger charge is -2.16. The van der Waals surface area contributed by atoms with Crippen LogP contribution in [0.2, 0.25) is 0 Å². The maximum Gasteiger partial charge on any atom is 0.337 e. The number of methoxy groups -OCH3 is 1. The van der Waals surface area contributed by atoms with Gasteiger partial charge >= 0.3 is 5.97 Å². The van der Waals surface area contributed by atoms with Crippen molar-refractivity contribution in [3.8, 4) is 11.1 Å². The van der Waals surface area contributed by atoms with Crippen molar-refractivity contribution in [1.29, 1.82) is 0 Å². The molecule has 0 N–H and O–H groups in total. The number of carbonyl (C=O) groups is 1. The van der Waals surface area contributed by atoms with Crippen LogP contribution in [0.3, 0.4) is 0 Å². The molecule has 3 heteroatoms. The summed E-state index contributed by atoms with van der Waals surface area (Å²) in [5, 5.41) is 10.8. The van der Waals surface area contributed by atoms with Gasteiger partial charge in [0.15, 0.2) is 0 Å². The Morgan fingerprint density at radius 2 is 1.26 bits per heavy atom. The Balaban J connectivity index is 1.30. The number of aryl methyl sites for hydroxylation is 1. The van der Waals surface area contributed by atoms with Crippen molar-refractivity contribution in [3.05, 3.63) is 84.4 Å². The fraction of sp³-hybridized carbons (Fsp3) is 0.325. The number of aromatic nitrogens is 1. The number of hydrogen-bond acceptors (Lipinski definition) is 2. The van der Waals surface area contributed by atoms with Crippen LogP contribution in [0, 0.1) is 0 Å². The van der Waals surface area contributed by atoms with Crippen LogP contribution in [0.1, 0.15) is 81.5 Å². The van der Waals surface area contributed by atoms with Gasteiger partial charge in [-0.05, 0) is 68.7 Å². The maximum absolute atomic E-state index is 12.1. The molecule has 1 aromatic heterocycles. The van der Waals surface area contributed by atoms with E-state index in [4.69, 9.17) is 4.74 Å². The summed E-state index contributed by atoms with van der Waals surface area (Å²) in [6.45, 7) is 3.31. The lowest BCUT2D eigenvalue weighted by atomic mass is 9.87. The fourth-order valence-electron chi connectivity index (χ4n) is 7.49. The minimum absolute atomic E-state index is 0.305. The van der Waals surface area contributed by atoms with E-state index in [1.54, 1.807) is 0 Å². The SMILES string of the molecule is CCCCCCCCCCCCn1c2ccc3cccc4c5cccc6c(-c7ccc(C(=O)OC)cc7)cc1c(c65)c2c34. The number of nitrogens with zero attached hydrogens (tertiary/aromatic N) is 1. The van der Waals surface area contributed by atoms with Gasteiger partial charge in [-0.15, -0.1) is 0 Å². The van der Waals surface area contributed by atoms with E-state index < -0.39 is 0 Å². The standard InChI is InChI=1S/C40H41NO2/c1-3-4-5-6-7-8-9-10-11-12-25-41-34-24-23-28-15-13-16-30-31-17-14-18-32-33(27-19-21-29(22-20-27)40(42)43-2)26-35(41)39(37(31)32)38(34)36(28)30/h13-24,26H,3-12,25H2,1-2H3. The topological polar surface area (TPSA) is 31.2 Å². The second kappa shape index (κ2) is 11.9. The van der Waals surface area contributed by atoms with Crippen LogP contribution in [-0.2, 0) is 11.3 Å². The third kappa shape index (κ3) is 4.79. The highest BCUT2D eigenvalue weighted by molar-refractivity contribution is 6.41. The fourth-order valence-corrected chi connectivity index (χ4v) is 7.49. The van der Waals surface area contributed by atoms with Crippen molar-refractivity contribution in [2.45, 2.75) is 77.7 Å². The van der Waals surface area contributed by atoms with Crippen LogP contribution >= 0.6 is 0 Å². The average Bonchev–Trinajstić information content (AvgIpc) is 3.38. The van der Waals surface area contributed by atoms with E-state index in [2.05, 4.69) is 78.2 Å². The zero-order valence-corrected chi connectivity index (χ0v) is 25.5. The van der Waals surface area contributed by atoms with E-state index in [-0.39, 0.29) is 5.97 Å². The Morgan fingerprint density at radius 3 is 1.98 bits per heavy atom. The molecule has 7 rings (SSSR count). The second-order valence-corrected chi connectivity index (χ2v) is 12.3. The van der Waals surface area contributed by atoms with Gasteiger partial charge in [-0.1, -0.05) is 119 Å². The van der Waals surface area contributed by atoms with Crippen LogP contribution in [0.5, 0.6) is 0 Å². The highest BCUT2D eigenvalue weighted by Crippen LogP contribution is 2.48. The molecule has 0 saturated heterocycles. The second-order valence-electron chi connectivity index (χ2n) is 12.3. The van der Waals surface area contributed by atoms with Gasteiger partial charge in [-0.3, -0.25) is 0 Å². The number of carbonyl (C=O) groups excluding carboxylic acids is 1. The van der Waals surface area contributed by atoms with Gasteiger partial charge in [-0.2, -0.15) is 0 Å². The van der Waals surface area contributed by atoms with E-state index >= 15 is 0 Å². The normalized spacial score (nSPS) is 12.1. The third-order valence-electron chi connectivity index (χ3n) is 9.64. The number of hydrogen-bond donors (Lipinski definition) is 0. The zero-order valence-electron chi connectivity index (χ0n) is 25.5. The molecule has 0 fully saturated rings. The first-order chi connectivity index (χ1) is 21.2. The van der Waals surface area contributed by atoms with Crippen LogP contribution in [-0.4, -0.2) is 17.6 Å². The van der Waals surface area contributed by atoms with Crippen molar-refractivity contribution in [1.82, 2.24) is 4.57 Å². The molecule has 0 amide bonds. The molecule has 0 bridgehead atoms. The Morgan fingerprint density at radius 1 is 0.628 bits per heavy atom. The highest BCUT2D eigenvalue weighted by Gasteiger charge is 2.23. The van der Waals surface area contributed by atoms with Crippen molar-refractivity contribution >= 4 is 60.1 Å². The summed E-state index contributed by atoms with van der Waals surface area (Å²) in [5.74, 6) is -0.305. The van der Waals surface area contributed by atoms with Crippen LogP contribution in [0.15, 0.2) is 78.9 Å². The molecular formula is C40H41NO2. The molecule has 0 unspecified atom stereocenters. The minimum Gasteiger partial charge on any atom is -0.465 e. The predicted octanol–water partition coefficient (Wildman–Crippen LogP) is 11.5. The Kier molecular flexibility index (Phi) is 7.65. The zero-order chi connectivity index (χ0) is 29.3. The molecule has 0 aliphatic carbocycles. The Labute approximate surface area is 254 Å². The molecule has 0 aliphatic heterocycles. The van der Waals surface area contributed by atoms with Crippen LogP contribution in [0.4, 0.5) is 0 Å². The molecule has 0 saturated carbocycles. The van der Waals surface area contributed by atoms with Crippen LogP contribution < -0.4 is 0 Å². The van der Waals surface area contributed by atoms with Gasteiger partial charge in [0.25, 0.3) is 0 Å². The summed E-state index contributed by atoms with van der Waals surface area (Å²) in [6.07, 6.45) is 13.4. The molecule has 6 aromatic carbocycles. The average molecular weight is 568 g/mol. The molecule has 3 nitrogen and oxygen atoms in total. The first kappa shape index (κ1) is 27.7. The first-order valence-electron chi connectivity index (χ1n) is 16.3. The van der Waals surface area contributed by atoms with E-state index in [0.29, 0.717) is 5.56 Å². The lowest BCUT2D eigenvalue weighted by molar-refractivity contribution is 0.0600. The minimum atomic E-state index is -0.305. The van der Waals surface area contributed by atoms with E-state index in [1.807, 2.05) is 12.1 Å². The molecule has 218 valence electrons. The number of ether oxygens (including phenoxy) is 1. The lowest BCUT2D eigenvalue weighted by Crippen LogP contribution is -2.00. The largest absolute Gasteiger partial charge is 0.465 e. The summed E-state index contributed by atoms with van der Waals surface area (Å²) >= 11 is 0. The van der Waals surface area contributed by atoms with Gasteiger partial charge in [0, 0.05) is 28.2 Å². The third-order valence-corrected chi connectivity index (χ3v) is 9.64. The molecule has 0 radical (unpaired) electrons. The molecule has 1 heterocycles. The van der Waals surface area contributed by atoms with E-state index in [9.17, 15) is 4.79 Å². The van der Waals surface area contributed by atoms with Gasteiger partial charge in [-0.25, -0.2) is 4.79 Å². The summed E-state index contributed by atoms with van der Waals surface area (Å²) in [4.78, 5) is 12.1. The van der Waals surface area contributed by atoms with Crippen molar-refractivity contribution in [3.63, 3.8) is 0 Å². The number of esters is 1. The van der Waals surface area contributed by atoms with E-state index in [1.165, 1.54) is 131 Å². The summed E-state index contributed by atoms with van der Waals surface area (Å²) in [5.41, 5.74) is 5.57. The van der Waals surface area contributed by atoms with Crippen molar-refractivity contribution in [2.24, 2.45) is 0 Å². The van der Waals surface area contributed by atoms with Gasteiger partial charge < -0.3 is 9.30 Å². The molecule has 7 aromatic rings. The number of fused-ring (bicyclic) bond motifs is 1. The van der Waals surface area contributed by atoms with Crippen molar-refractivity contribution < 1.29 is 9.53 Å². The highest BCUT2D eigenvalue weighted by atomic mass is 16.5. The molecular weight excluding hydrogens is 526 g/mol. The summed E-state index contributed by atoms with van der Waals surface area (Å²) in [7, 11) is 1.43. The maximum atomic E-state index is 12.1. The molecule has 0 spiro atoms. The Bertz CT molecular complexity index is 2010. The van der Waals surface area contributed by atoms with Gasteiger partial charge in [0.2, 0.25) is 0 Å². The summed E-state index contributed by atoms with van der Waals surface area (Å²) < 4.78 is 7.55. The van der Waals surface area contributed by atoms with Gasteiger partial charge in [0.05, 0.1) is 18.2 Å². The van der Waals surface area contributed by atoms with Gasteiger partial charge in [0.1, 0.15) is 0 Å². The Hall–Kier alpha value is -4.11. The number of benzene rings is 6. The molecule has 0 atom stereocenters. The molecule has 43 heavy (non-hydrogen) atoms. The first-order valence-corrected chi connectivity index (χ1v) is 16.3. The molecule has 0 aliphatic rings. The number of unbranched alkanes of at least 4 members (excludes halogenated alkanes) is 9. The predicted molar refractivity (Wildman–Crippen MR) is 183 cm³/mol. The quantitative estimate of drug-likeness (QED) is 0.0600.